The molecule has 3 heterocycles. The number of aromatic hydroxyl groups is 1. The minimum Gasteiger partial charge on any atom is -0.506 e. The van der Waals surface area contributed by atoms with Gasteiger partial charge in [0.05, 0.1) is 36.0 Å². The van der Waals surface area contributed by atoms with Gasteiger partial charge in [-0.2, -0.15) is 0 Å². The predicted molar refractivity (Wildman–Crippen MR) is 76.6 cm³/mol. The smallest absolute Gasteiger partial charge is 0.163 e. The van der Waals surface area contributed by atoms with Gasteiger partial charge in [0.15, 0.2) is 11.5 Å². The van der Waals surface area contributed by atoms with Crippen molar-refractivity contribution in [2.45, 2.75) is 6.42 Å². The number of hydrogen-bond acceptors (Lipinski definition) is 5. The molecule has 4 rings (SSSR count). The number of imidazole rings is 1. The molecule has 0 fully saturated rings. The third-order valence-corrected chi connectivity index (χ3v) is 3.41. The summed E-state index contributed by atoms with van der Waals surface area (Å²) in [6.45, 7) is 1.28. The Morgan fingerprint density at radius 1 is 1.14 bits per heavy atom. The van der Waals surface area contributed by atoms with E-state index in [-0.39, 0.29) is 5.75 Å². The molecule has 2 aromatic heterocycles. The Bertz CT molecular complexity index is 770. The molecular weight excluding hydrogens is 270 g/mol. The molecule has 106 valence electrons. The van der Waals surface area contributed by atoms with Crippen LogP contribution in [0.3, 0.4) is 0 Å². The van der Waals surface area contributed by atoms with Gasteiger partial charge in [0.2, 0.25) is 0 Å². The molecule has 0 bridgehead atoms. The molecule has 6 nitrogen and oxygen atoms in total. The molecule has 0 radical (unpaired) electrons. The maximum Gasteiger partial charge on any atom is 0.163 e. The number of nitrogens with zero attached hydrogens (tertiary/aromatic N) is 2. The van der Waals surface area contributed by atoms with Crippen LogP contribution in [0.1, 0.15) is 6.42 Å². The number of benzene rings is 1. The van der Waals surface area contributed by atoms with E-state index in [9.17, 15) is 5.11 Å². The molecular formula is C15H13N3O3. The fraction of sp³-hybridized carbons (Fsp3) is 0.200. The first-order valence-corrected chi connectivity index (χ1v) is 6.74. The quantitative estimate of drug-likeness (QED) is 0.717. The second-order valence-electron chi connectivity index (χ2n) is 4.84. The molecule has 0 atom stereocenters. The lowest BCUT2D eigenvalue weighted by atomic mass is 10.2. The van der Waals surface area contributed by atoms with Crippen molar-refractivity contribution in [1.29, 1.82) is 0 Å². The topological polar surface area (TPSA) is 80.3 Å². The van der Waals surface area contributed by atoms with Gasteiger partial charge in [0.25, 0.3) is 0 Å². The molecule has 1 aromatic carbocycles. The highest BCUT2D eigenvalue weighted by Gasteiger charge is 2.15. The Morgan fingerprint density at radius 3 is 2.76 bits per heavy atom. The number of rotatable bonds is 1. The van der Waals surface area contributed by atoms with E-state index in [1.54, 1.807) is 12.3 Å². The van der Waals surface area contributed by atoms with Gasteiger partial charge >= 0.3 is 0 Å². The van der Waals surface area contributed by atoms with Crippen LogP contribution in [0.2, 0.25) is 0 Å². The first-order chi connectivity index (χ1) is 10.3. The molecule has 0 unspecified atom stereocenters. The largest absolute Gasteiger partial charge is 0.506 e. The van der Waals surface area contributed by atoms with Crippen molar-refractivity contribution in [2.24, 2.45) is 0 Å². The second kappa shape index (κ2) is 4.66. The molecule has 2 N–H and O–H groups in total. The molecule has 0 saturated carbocycles. The van der Waals surface area contributed by atoms with Crippen LogP contribution >= 0.6 is 0 Å². The molecule has 3 aromatic rings. The van der Waals surface area contributed by atoms with Crippen molar-refractivity contribution in [3.05, 3.63) is 30.6 Å². The maximum atomic E-state index is 9.87. The number of ether oxygens (including phenoxy) is 2. The van der Waals surface area contributed by atoms with Crippen LogP contribution in [0.15, 0.2) is 30.6 Å². The van der Waals surface area contributed by atoms with Crippen LogP contribution in [0, 0.1) is 0 Å². The monoisotopic (exact) mass is 283 g/mol. The number of H-pyrrole nitrogens is 1. The van der Waals surface area contributed by atoms with Crippen molar-refractivity contribution in [3.8, 4) is 28.6 Å². The second-order valence-corrected chi connectivity index (χ2v) is 4.84. The van der Waals surface area contributed by atoms with Gasteiger partial charge in [-0.15, -0.1) is 0 Å². The van der Waals surface area contributed by atoms with E-state index >= 15 is 0 Å². The highest BCUT2D eigenvalue weighted by molar-refractivity contribution is 5.83. The summed E-state index contributed by atoms with van der Waals surface area (Å²) in [6.07, 6.45) is 3.87. The van der Waals surface area contributed by atoms with Crippen LogP contribution in [-0.2, 0) is 0 Å². The van der Waals surface area contributed by atoms with Crippen LogP contribution in [0.4, 0.5) is 0 Å². The van der Waals surface area contributed by atoms with Crippen molar-refractivity contribution >= 4 is 11.0 Å². The molecule has 1 aliphatic heterocycles. The Morgan fingerprint density at radius 2 is 1.95 bits per heavy atom. The van der Waals surface area contributed by atoms with E-state index in [1.807, 2.05) is 12.1 Å². The predicted octanol–water partition coefficient (Wildman–Crippen LogP) is 2.49. The third-order valence-electron chi connectivity index (χ3n) is 3.41. The first kappa shape index (κ1) is 12.0. The molecule has 0 amide bonds. The van der Waals surface area contributed by atoms with Crippen LogP contribution < -0.4 is 9.47 Å². The Kier molecular flexibility index (Phi) is 2.67. The lowest BCUT2D eigenvalue weighted by Gasteiger charge is -2.05. The summed E-state index contributed by atoms with van der Waals surface area (Å²) in [6, 6.07) is 5.45. The average Bonchev–Trinajstić information content (AvgIpc) is 2.75. The van der Waals surface area contributed by atoms with Gasteiger partial charge in [0.1, 0.15) is 11.6 Å². The van der Waals surface area contributed by atoms with Crippen molar-refractivity contribution < 1.29 is 14.6 Å². The number of pyridine rings is 1. The Labute approximate surface area is 120 Å². The minimum atomic E-state index is 0.0885. The molecule has 6 heteroatoms. The number of aromatic amines is 1. The zero-order valence-electron chi connectivity index (χ0n) is 11.2. The van der Waals surface area contributed by atoms with Gasteiger partial charge in [-0.05, 0) is 6.07 Å². The summed E-state index contributed by atoms with van der Waals surface area (Å²) in [4.78, 5) is 11.6. The maximum absolute atomic E-state index is 9.87. The van der Waals surface area contributed by atoms with E-state index in [4.69, 9.17) is 9.47 Å². The normalized spacial score (nSPS) is 14.1. The van der Waals surface area contributed by atoms with Crippen LogP contribution in [0.5, 0.6) is 17.2 Å². The standard InChI is InChI=1S/C15H13N3O3/c19-12-8-16-3-2-9(12)15-17-10-6-13-14(7-11(10)18-15)21-5-1-4-20-13/h2-3,6-8,19H,1,4-5H2,(H,17,18). The highest BCUT2D eigenvalue weighted by atomic mass is 16.5. The summed E-state index contributed by atoms with van der Waals surface area (Å²) in [7, 11) is 0. The van der Waals surface area contributed by atoms with Crippen molar-refractivity contribution in [3.63, 3.8) is 0 Å². The van der Waals surface area contributed by atoms with E-state index < -0.39 is 0 Å². The van der Waals surface area contributed by atoms with Crippen molar-refractivity contribution in [1.82, 2.24) is 15.0 Å². The zero-order valence-corrected chi connectivity index (χ0v) is 11.2. The van der Waals surface area contributed by atoms with E-state index in [1.165, 1.54) is 6.20 Å². The Hall–Kier alpha value is -2.76. The molecule has 21 heavy (non-hydrogen) atoms. The minimum absolute atomic E-state index is 0.0885. The number of hydrogen-bond donors (Lipinski definition) is 2. The molecule has 0 saturated heterocycles. The van der Waals surface area contributed by atoms with E-state index in [0.29, 0.717) is 36.1 Å². The van der Waals surface area contributed by atoms with E-state index in [2.05, 4.69) is 15.0 Å². The fourth-order valence-electron chi connectivity index (χ4n) is 2.38. The van der Waals surface area contributed by atoms with Gasteiger partial charge < -0.3 is 19.6 Å². The SMILES string of the molecule is Oc1cnccc1-c1nc2cc3c(cc2[nH]1)OCCCO3. The fourth-order valence-corrected chi connectivity index (χ4v) is 2.38. The van der Waals surface area contributed by atoms with Crippen LogP contribution in [-0.4, -0.2) is 33.3 Å². The summed E-state index contributed by atoms with van der Waals surface area (Å²) in [5, 5.41) is 9.87. The number of nitrogens with one attached hydrogen (secondary N) is 1. The van der Waals surface area contributed by atoms with Gasteiger partial charge in [-0.1, -0.05) is 0 Å². The number of fused-ring (bicyclic) bond motifs is 2. The third kappa shape index (κ3) is 2.05. The zero-order chi connectivity index (χ0) is 14.2. The van der Waals surface area contributed by atoms with Gasteiger partial charge in [-0.25, -0.2) is 4.98 Å². The summed E-state index contributed by atoms with van der Waals surface area (Å²) < 4.78 is 11.3. The van der Waals surface area contributed by atoms with Gasteiger partial charge in [0, 0.05) is 24.8 Å². The van der Waals surface area contributed by atoms with Crippen LogP contribution in [0.25, 0.3) is 22.4 Å². The number of aromatic nitrogens is 3. The molecule has 0 aliphatic carbocycles. The summed E-state index contributed by atoms with van der Waals surface area (Å²) >= 11 is 0. The Balaban J connectivity index is 1.85. The first-order valence-electron chi connectivity index (χ1n) is 6.74. The lowest BCUT2D eigenvalue weighted by molar-refractivity contribution is 0.297. The lowest BCUT2D eigenvalue weighted by Crippen LogP contribution is -1.97. The molecule has 1 aliphatic rings. The van der Waals surface area contributed by atoms with E-state index in [0.717, 1.165) is 17.5 Å². The summed E-state index contributed by atoms with van der Waals surface area (Å²) in [5.41, 5.74) is 2.22. The van der Waals surface area contributed by atoms with Crippen molar-refractivity contribution in [2.75, 3.05) is 13.2 Å². The highest BCUT2D eigenvalue weighted by Crippen LogP contribution is 2.35. The van der Waals surface area contributed by atoms with Gasteiger partial charge in [-0.3, -0.25) is 4.98 Å². The average molecular weight is 283 g/mol. The summed E-state index contributed by atoms with van der Waals surface area (Å²) in [5.74, 6) is 2.10. The molecule has 0 spiro atoms.